The third kappa shape index (κ3) is 4.46. The first-order valence-electron chi connectivity index (χ1n) is 10.3. The van der Waals surface area contributed by atoms with E-state index in [1.165, 1.54) is 5.06 Å². The van der Waals surface area contributed by atoms with Crippen LogP contribution in [0.1, 0.15) is 42.0 Å². The van der Waals surface area contributed by atoms with Crippen molar-refractivity contribution in [1.29, 1.82) is 0 Å². The molecule has 8 nitrogen and oxygen atoms in total. The van der Waals surface area contributed by atoms with Crippen LogP contribution in [0.15, 0.2) is 17.9 Å². The zero-order valence-electron chi connectivity index (χ0n) is 18.6. The van der Waals surface area contributed by atoms with Crippen molar-refractivity contribution in [3.63, 3.8) is 0 Å². The Balaban J connectivity index is 2.22. The second-order valence-electron chi connectivity index (χ2n) is 7.74. The van der Waals surface area contributed by atoms with E-state index in [1.54, 1.807) is 14.0 Å². The van der Waals surface area contributed by atoms with Crippen LogP contribution in [0.2, 0.25) is 0 Å². The molecule has 1 aromatic rings. The van der Waals surface area contributed by atoms with Crippen molar-refractivity contribution >= 4 is 40.2 Å². The van der Waals surface area contributed by atoms with E-state index in [0.29, 0.717) is 37.3 Å². The molecule has 9 heteroatoms. The monoisotopic (exact) mass is 544 g/mol. The first-order chi connectivity index (χ1) is 14.8. The smallest absolute Gasteiger partial charge is 0.434 e. The highest BCUT2D eigenvalue weighted by atomic mass is 127. The van der Waals surface area contributed by atoms with Crippen molar-refractivity contribution < 1.29 is 28.7 Å². The fraction of sp³-hybridized carbons (Fsp3) is 0.545. The van der Waals surface area contributed by atoms with Gasteiger partial charge in [-0.2, -0.15) is 5.06 Å². The van der Waals surface area contributed by atoms with E-state index >= 15 is 0 Å². The molecule has 0 bridgehead atoms. The summed E-state index contributed by atoms with van der Waals surface area (Å²) >= 11 is 2.06. The molecule has 0 aromatic heterocycles. The lowest BCUT2D eigenvalue weighted by Crippen LogP contribution is -2.55. The number of hydrogen-bond donors (Lipinski definition) is 0. The fourth-order valence-corrected chi connectivity index (χ4v) is 4.87. The molecular weight excluding hydrogens is 515 g/mol. The van der Waals surface area contributed by atoms with E-state index in [9.17, 15) is 9.59 Å². The van der Waals surface area contributed by atoms with Crippen molar-refractivity contribution in [3.05, 3.63) is 40.1 Å². The zero-order valence-corrected chi connectivity index (χ0v) is 20.8. The zero-order chi connectivity index (χ0) is 22.8. The second kappa shape index (κ2) is 9.85. The van der Waals surface area contributed by atoms with Crippen molar-refractivity contribution in [2.45, 2.75) is 46.1 Å². The Morgan fingerprint density at radius 2 is 1.77 bits per heavy atom. The molecular formula is C22H29IN2O6. The predicted molar refractivity (Wildman–Crippen MR) is 123 cm³/mol. The number of benzene rings is 1. The molecule has 0 unspecified atom stereocenters. The van der Waals surface area contributed by atoms with Crippen LogP contribution in [0.25, 0.3) is 5.57 Å². The third-order valence-corrected chi connectivity index (χ3v) is 6.08. The van der Waals surface area contributed by atoms with Gasteiger partial charge in [0.25, 0.3) is 5.91 Å². The maximum absolute atomic E-state index is 13.7. The van der Waals surface area contributed by atoms with Gasteiger partial charge in [-0.1, -0.05) is 40.3 Å². The summed E-state index contributed by atoms with van der Waals surface area (Å²) in [7, 11) is 1.62. The largest absolute Gasteiger partial charge is 0.513 e. The summed E-state index contributed by atoms with van der Waals surface area (Å²) in [4.78, 5) is 37.4. The third-order valence-electron chi connectivity index (χ3n) is 5.80. The van der Waals surface area contributed by atoms with Crippen molar-refractivity contribution in [2.24, 2.45) is 0 Å². The molecule has 0 radical (unpaired) electrons. The maximum atomic E-state index is 13.7. The van der Waals surface area contributed by atoms with E-state index < -0.39 is 11.7 Å². The lowest BCUT2D eigenvalue weighted by molar-refractivity contribution is -0.223. The molecule has 1 aromatic carbocycles. The number of halogens is 1. The summed E-state index contributed by atoms with van der Waals surface area (Å²) in [6.07, 6.45) is 0.159. The molecule has 170 valence electrons. The van der Waals surface area contributed by atoms with Gasteiger partial charge in [0.2, 0.25) is 0 Å². The Kier molecular flexibility index (Phi) is 7.61. The van der Waals surface area contributed by atoms with Gasteiger partial charge in [-0.15, -0.1) is 0 Å². The van der Waals surface area contributed by atoms with Gasteiger partial charge in [0.15, 0.2) is 5.76 Å². The molecule has 1 amide bonds. The molecule has 2 heterocycles. The van der Waals surface area contributed by atoms with Crippen LogP contribution in [-0.4, -0.2) is 59.1 Å². The van der Waals surface area contributed by atoms with Gasteiger partial charge in [-0.05, 0) is 57.2 Å². The SMILES string of the molecule is CCOC(=O)OC1=C(c2c(C)cc(C)cc2C)C(=O)N(OCI)C12CCN(OC)CC2. The number of amides is 1. The number of hydrogen-bond acceptors (Lipinski definition) is 7. The topological polar surface area (TPSA) is 77.5 Å². The lowest BCUT2D eigenvalue weighted by atomic mass is 9.84. The van der Waals surface area contributed by atoms with Crippen molar-refractivity contribution in [3.8, 4) is 0 Å². The van der Waals surface area contributed by atoms with E-state index in [4.69, 9.17) is 19.1 Å². The molecule has 0 aliphatic carbocycles. The molecule has 0 atom stereocenters. The minimum atomic E-state index is -0.914. The lowest BCUT2D eigenvalue weighted by Gasteiger charge is -2.43. The number of aryl methyl sites for hydroxylation is 3. The second-order valence-corrected chi connectivity index (χ2v) is 8.37. The molecule has 0 saturated carbocycles. The molecule has 2 aliphatic rings. The Hall–Kier alpha value is -1.69. The maximum Gasteiger partial charge on any atom is 0.513 e. The van der Waals surface area contributed by atoms with Crippen LogP contribution in [0, 0.1) is 20.8 Å². The van der Waals surface area contributed by atoms with Crippen LogP contribution < -0.4 is 0 Å². The van der Waals surface area contributed by atoms with Gasteiger partial charge < -0.3 is 14.3 Å². The van der Waals surface area contributed by atoms with Gasteiger partial charge in [0.05, 0.1) is 19.3 Å². The Bertz CT molecular complexity index is 869. The molecule has 1 saturated heterocycles. The standard InChI is InChI=1S/C22H29IN2O6/c1-6-29-21(27)31-19-18(17-15(3)11-14(2)12-16(17)4)20(26)25(30-13-23)22(19)7-9-24(28-5)10-8-22/h11-12H,6-10,13H2,1-5H3. The quantitative estimate of drug-likeness (QED) is 0.304. The van der Waals surface area contributed by atoms with Gasteiger partial charge in [0.1, 0.15) is 10.2 Å². The first kappa shape index (κ1) is 24.0. The number of nitrogens with zero attached hydrogens (tertiary/aromatic N) is 2. The van der Waals surface area contributed by atoms with Gasteiger partial charge >= 0.3 is 6.16 Å². The minimum absolute atomic E-state index is 0.177. The number of rotatable bonds is 6. The number of carbonyl (C=O) groups excluding carboxylic acids is 2. The van der Waals surface area contributed by atoms with Crippen LogP contribution in [0.5, 0.6) is 0 Å². The van der Waals surface area contributed by atoms with Crippen LogP contribution in [0.3, 0.4) is 0 Å². The number of hydroxylamine groups is 4. The van der Waals surface area contributed by atoms with Crippen molar-refractivity contribution in [1.82, 2.24) is 10.1 Å². The Labute approximate surface area is 196 Å². The summed E-state index contributed by atoms with van der Waals surface area (Å²) < 4.78 is 11.1. The van der Waals surface area contributed by atoms with Crippen molar-refractivity contribution in [2.75, 3.05) is 31.4 Å². The molecule has 1 spiro atoms. The van der Waals surface area contributed by atoms with E-state index in [2.05, 4.69) is 22.6 Å². The summed E-state index contributed by atoms with van der Waals surface area (Å²) in [5, 5.41) is 3.22. The average molecular weight is 544 g/mol. The molecule has 2 aliphatic heterocycles. The summed E-state index contributed by atoms with van der Waals surface area (Å²) in [6, 6.07) is 4.04. The highest BCUT2D eigenvalue weighted by Gasteiger charge is 2.57. The van der Waals surface area contributed by atoms with Crippen LogP contribution in [0.4, 0.5) is 4.79 Å². The van der Waals surface area contributed by atoms with Gasteiger partial charge in [-0.25, -0.2) is 9.86 Å². The van der Waals surface area contributed by atoms with Crippen LogP contribution in [-0.2, 0) is 23.9 Å². The van der Waals surface area contributed by atoms with E-state index in [1.807, 2.05) is 38.0 Å². The summed E-state index contributed by atoms with van der Waals surface area (Å²) in [6.45, 7) is 8.93. The van der Waals surface area contributed by atoms with E-state index in [0.717, 1.165) is 22.3 Å². The predicted octanol–water partition coefficient (Wildman–Crippen LogP) is 4.06. The average Bonchev–Trinajstić information content (AvgIpc) is 2.91. The molecule has 3 rings (SSSR count). The Morgan fingerprint density at radius 3 is 2.29 bits per heavy atom. The minimum Gasteiger partial charge on any atom is -0.434 e. The number of piperidine rings is 1. The summed E-state index contributed by atoms with van der Waals surface area (Å²) in [5.41, 5.74) is 3.18. The number of carbonyl (C=O) groups is 2. The fourth-order valence-electron chi connectivity index (χ4n) is 4.59. The van der Waals surface area contributed by atoms with Crippen LogP contribution >= 0.6 is 22.6 Å². The van der Waals surface area contributed by atoms with Gasteiger partial charge in [0, 0.05) is 13.1 Å². The highest BCUT2D eigenvalue weighted by molar-refractivity contribution is 14.1. The molecule has 0 N–H and O–H groups in total. The normalized spacial score (nSPS) is 18.8. The first-order valence-corrected chi connectivity index (χ1v) is 11.8. The number of ether oxygens (including phenoxy) is 2. The highest BCUT2D eigenvalue weighted by Crippen LogP contribution is 2.48. The molecule has 1 fully saturated rings. The van der Waals surface area contributed by atoms with E-state index in [-0.39, 0.29) is 17.1 Å². The molecule has 31 heavy (non-hydrogen) atoms. The summed E-state index contributed by atoms with van der Waals surface area (Å²) in [5.74, 6) is -0.0107. The Morgan fingerprint density at radius 1 is 1.16 bits per heavy atom. The number of alkyl halides is 1. The van der Waals surface area contributed by atoms with Gasteiger partial charge in [-0.3, -0.25) is 9.63 Å².